The number of carbonyl (C=O) groups is 3. The maximum atomic E-state index is 13.2. The number of allylic oxidation sites excluding steroid dienone is 1. The second-order valence-corrected chi connectivity index (χ2v) is 7.98. The van der Waals surface area contributed by atoms with Crippen molar-refractivity contribution in [1.82, 2.24) is 3.97 Å². The van der Waals surface area contributed by atoms with Crippen LogP contribution in [0.3, 0.4) is 0 Å². The summed E-state index contributed by atoms with van der Waals surface area (Å²) in [6, 6.07) is 16.3. The zero-order valence-corrected chi connectivity index (χ0v) is 15.6. The standard InChI is InChI=1S/C21H13NO6S/c23-13-28-18-11-17-19(21(25)20(18)24)16(14-7-3-1-4-8-14)12-22(17)29(26,27)15-9-5-2-6-10-15/h1-13H. The molecule has 2 aromatic carbocycles. The highest BCUT2D eigenvalue weighted by molar-refractivity contribution is 7.90. The molecule has 0 radical (unpaired) electrons. The molecule has 0 bridgehead atoms. The molecule has 0 amide bonds. The quantitative estimate of drug-likeness (QED) is 0.476. The lowest BCUT2D eigenvalue weighted by Gasteiger charge is -2.14. The van der Waals surface area contributed by atoms with Gasteiger partial charge < -0.3 is 4.74 Å². The Morgan fingerprint density at radius 2 is 1.48 bits per heavy atom. The first-order chi connectivity index (χ1) is 13.9. The van der Waals surface area contributed by atoms with Gasteiger partial charge >= 0.3 is 0 Å². The highest BCUT2D eigenvalue weighted by atomic mass is 32.2. The number of rotatable bonds is 5. The fourth-order valence-electron chi connectivity index (χ4n) is 3.17. The van der Waals surface area contributed by atoms with Gasteiger partial charge in [-0.05, 0) is 17.7 Å². The van der Waals surface area contributed by atoms with Crippen molar-refractivity contribution in [1.29, 1.82) is 0 Å². The highest BCUT2D eigenvalue weighted by Crippen LogP contribution is 2.35. The molecule has 7 nitrogen and oxygen atoms in total. The third-order valence-electron chi connectivity index (χ3n) is 4.49. The van der Waals surface area contributed by atoms with Crippen LogP contribution in [0.5, 0.6) is 0 Å². The Kier molecular flexibility index (Phi) is 4.48. The van der Waals surface area contributed by atoms with Gasteiger partial charge in [-0.3, -0.25) is 14.4 Å². The van der Waals surface area contributed by atoms with Gasteiger partial charge in [-0.25, -0.2) is 12.4 Å². The summed E-state index contributed by atoms with van der Waals surface area (Å²) in [5.41, 5.74) is 0.757. The van der Waals surface area contributed by atoms with Crippen molar-refractivity contribution in [3.63, 3.8) is 0 Å². The number of ether oxygens (including phenoxy) is 1. The van der Waals surface area contributed by atoms with Crippen LogP contribution in [-0.2, 0) is 24.3 Å². The summed E-state index contributed by atoms with van der Waals surface area (Å²) in [5.74, 6) is -2.49. The molecule has 0 saturated carbocycles. The second-order valence-electron chi connectivity index (χ2n) is 6.16. The molecule has 29 heavy (non-hydrogen) atoms. The summed E-state index contributed by atoms with van der Waals surface area (Å²) >= 11 is 0. The van der Waals surface area contributed by atoms with Crippen LogP contribution >= 0.6 is 0 Å². The molecule has 0 saturated heterocycles. The van der Waals surface area contributed by atoms with Crippen LogP contribution < -0.4 is 0 Å². The number of benzene rings is 2. The summed E-state index contributed by atoms with van der Waals surface area (Å²) < 4.78 is 32.0. The van der Waals surface area contributed by atoms with Crippen LogP contribution in [0.1, 0.15) is 16.1 Å². The lowest BCUT2D eigenvalue weighted by atomic mass is 9.93. The van der Waals surface area contributed by atoms with Crippen LogP contribution in [0.25, 0.3) is 17.2 Å². The Labute approximate surface area is 165 Å². The maximum absolute atomic E-state index is 13.2. The van der Waals surface area contributed by atoms with E-state index in [0.717, 1.165) is 10.0 Å². The van der Waals surface area contributed by atoms with E-state index in [1.807, 2.05) is 0 Å². The molecule has 8 heteroatoms. The van der Waals surface area contributed by atoms with Crippen LogP contribution in [-0.4, -0.2) is 30.4 Å². The van der Waals surface area contributed by atoms with E-state index in [9.17, 15) is 22.8 Å². The molecule has 144 valence electrons. The molecule has 3 aromatic rings. The summed E-state index contributed by atoms with van der Waals surface area (Å²) in [6.45, 7) is 0.0130. The Bertz CT molecular complexity index is 1270. The van der Waals surface area contributed by atoms with Crippen molar-refractivity contribution in [2.75, 3.05) is 0 Å². The topological polar surface area (TPSA) is 99.5 Å². The van der Waals surface area contributed by atoms with Crippen molar-refractivity contribution in [3.8, 4) is 11.1 Å². The fourth-order valence-corrected chi connectivity index (χ4v) is 4.55. The predicted octanol–water partition coefficient (Wildman–Crippen LogP) is 2.67. The second kappa shape index (κ2) is 6.99. The van der Waals surface area contributed by atoms with Gasteiger partial charge in [0.2, 0.25) is 5.78 Å². The van der Waals surface area contributed by atoms with Gasteiger partial charge in [0, 0.05) is 17.8 Å². The monoisotopic (exact) mass is 407 g/mol. The molecule has 1 heterocycles. The molecular formula is C21H13NO6S. The smallest absolute Gasteiger partial charge is 0.298 e. The Hall–Kier alpha value is -3.78. The lowest BCUT2D eigenvalue weighted by molar-refractivity contribution is -0.129. The van der Waals surface area contributed by atoms with Gasteiger partial charge in [-0.15, -0.1) is 0 Å². The van der Waals surface area contributed by atoms with E-state index in [1.165, 1.54) is 18.3 Å². The van der Waals surface area contributed by atoms with Gasteiger partial charge in [-0.1, -0.05) is 48.5 Å². The number of aromatic nitrogens is 1. The normalized spacial score (nSPS) is 13.6. The van der Waals surface area contributed by atoms with Crippen LogP contribution in [0, 0.1) is 0 Å². The average Bonchev–Trinajstić information content (AvgIpc) is 3.13. The third kappa shape index (κ3) is 2.99. The Morgan fingerprint density at radius 3 is 2.10 bits per heavy atom. The van der Waals surface area contributed by atoms with E-state index in [-0.39, 0.29) is 22.6 Å². The van der Waals surface area contributed by atoms with E-state index in [4.69, 9.17) is 0 Å². The van der Waals surface area contributed by atoms with Gasteiger partial charge in [0.25, 0.3) is 22.3 Å². The van der Waals surface area contributed by atoms with E-state index in [2.05, 4.69) is 4.74 Å². The number of hydrogen-bond donors (Lipinski definition) is 0. The third-order valence-corrected chi connectivity index (χ3v) is 6.18. The van der Waals surface area contributed by atoms with Gasteiger partial charge in [-0.2, -0.15) is 0 Å². The molecule has 0 unspecified atom stereocenters. The maximum Gasteiger partial charge on any atom is 0.298 e. The lowest BCUT2D eigenvalue weighted by Crippen LogP contribution is -2.24. The van der Waals surface area contributed by atoms with E-state index in [0.29, 0.717) is 11.1 Å². The van der Waals surface area contributed by atoms with Crippen molar-refractivity contribution in [3.05, 3.63) is 83.9 Å². The molecule has 0 fully saturated rings. The van der Waals surface area contributed by atoms with Crippen molar-refractivity contribution < 1.29 is 27.5 Å². The fraction of sp³-hybridized carbons (Fsp3) is 0. The number of ketones is 2. The van der Waals surface area contributed by atoms with Crippen molar-refractivity contribution >= 4 is 34.1 Å². The average molecular weight is 407 g/mol. The van der Waals surface area contributed by atoms with E-state index < -0.39 is 27.3 Å². The summed E-state index contributed by atoms with van der Waals surface area (Å²) in [7, 11) is -4.08. The number of hydrogen-bond acceptors (Lipinski definition) is 6. The summed E-state index contributed by atoms with van der Waals surface area (Å²) in [5, 5.41) is 0. The molecule has 1 aliphatic rings. The Balaban J connectivity index is 2.05. The Morgan fingerprint density at radius 1 is 0.862 bits per heavy atom. The zero-order chi connectivity index (χ0) is 20.6. The number of carbonyl (C=O) groups excluding carboxylic acids is 3. The minimum absolute atomic E-state index is 0.00742. The van der Waals surface area contributed by atoms with Crippen molar-refractivity contribution in [2.45, 2.75) is 4.90 Å². The van der Waals surface area contributed by atoms with Gasteiger partial charge in [0.15, 0.2) is 5.76 Å². The van der Waals surface area contributed by atoms with Crippen LogP contribution in [0.15, 0.2) is 77.5 Å². The van der Waals surface area contributed by atoms with Crippen LogP contribution in [0.2, 0.25) is 0 Å². The molecule has 1 aromatic heterocycles. The largest absolute Gasteiger partial charge is 0.424 e. The first kappa shape index (κ1) is 18.6. The predicted molar refractivity (Wildman–Crippen MR) is 103 cm³/mol. The summed E-state index contributed by atoms with van der Waals surface area (Å²) in [6.07, 6.45) is 2.40. The van der Waals surface area contributed by atoms with Gasteiger partial charge in [0.1, 0.15) is 0 Å². The number of nitrogens with zero attached hydrogens (tertiary/aromatic N) is 1. The number of Topliss-reactive ketones (excluding diaryl/α,β-unsaturated/α-hetero) is 2. The van der Waals surface area contributed by atoms with E-state index >= 15 is 0 Å². The molecule has 0 atom stereocenters. The highest BCUT2D eigenvalue weighted by Gasteiger charge is 2.37. The molecular weight excluding hydrogens is 394 g/mol. The molecule has 0 N–H and O–H groups in total. The molecule has 0 spiro atoms. The summed E-state index contributed by atoms with van der Waals surface area (Å²) in [4.78, 5) is 35.8. The van der Waals surface area contributed by atoms with Crippen molar-refractivity contribution in [2.24, 2.45) is 0 Å². The molecule has 1 aliphatic carbocycles. The minimum atomic E-state index is -4.08. The van der Waals surface area contributed by atoms with Gasteiger partial charge in [0.05, 0.1) is 16.2 Å². The van der Waals surface area contributed by atoms with E-state index in [1.54, 1.807) is 48.5 Å². The molecule has 4 rings (SSSR count). The SMILES string of the molecule is O=COC1=Cc2c(c(-c3ccccc3)cn2S(=O)(=O)c2ccccc2)C(=O)C1=O. The minimum Gasteiger partial charge on any atom is -0.424 e. The first-order valence-electron chi connectivity index (χ1n) is 8.47. The zero-order valence-electron chi connectivity index (χ0n) is 14.8. The molecule has 0 aliphatic heterocycles. The van der Waals surface area contributed by atoms with Crippen LogP contribution in [0.4, 0.5) is 0 Å². The number of fused-ring (bicyclic) bond motifs is 1. The first-order valence-corrected chi connectivity index (χ1v) is 9.91.